The summed E-state index contributed by atoms with van der Waals surface area (Å²) in [5.41, 5.74) is 8.83. The summed E-state index contributed by atoms with van der Waals surface area (Å²) < 4.78 is 0. The molecular formula is C20H22N6OS. The summed E-state index contributed by atoms with van der Waals surface area (Å²) in [4.78, 5) is 27.6. The van der Waals surface area contributed by atoms with Gasteiger partial charge in [-0.05, 0) is 24.9 Å². The molecule has 1 aliphatic rings. The Morgan fingerprint density at radius 1 is 1.25 bits per heavy atom. The molecule has 7 nitrogen and oxygen atoms in total. The molecule has 1 unspecified atom stereocenters. The van der Waals surface area contributed by atoms with Crippen LogP contribution in [0.15, 0.2) is 48.1 Å². The highest BCUT2D eigenvalue weighted by molar-refractivity contribution is 7.13. The van der Waals surface area contributed by atoms with Crippen LogP contribution in [0.5, 0.6) is 0 Å². The van der Waals surface area contributed by atoms with Crippen molar-refractivity contribution in [2.45, 2.75) is 25.3 Å². The van der Waals surface area contributed by atoms with E-state index in [0.717, 1.165) is 42.6 Å². The summed E-state index contributed by atoms with van der Waals surface area (Å²) in [6.45, 7) is 1.14. The molecule has 3 aromatic rings. The van der Waals surface area contributed by atoms with E-state index in [4.69, 9.17) is 5.73 Å². The van der Waals surface area contributed by atoms with Gasteiger partial charge in [0, 0.05) is 23.3 Å². The van der Waals surface area contributed by atoms with E-state index >= 15 is 0 Å². The van der Waals surface area contributed by atoms with Crippen LogP contribution in [-0.2, 0) is 4.79 Å². The number of rotatable bonds is 5. The lowest BCUT2D eigenvalue weighted by Crippen LogP contribution is -2.39. The predicted octanol–water partition coefficient (Wildman–Crippen LogP) is 3.35. The highest BCUT2D eigenvalue weighted by Gasteiger charge is 2.29. The van der Waals surface area contributed by atoms with E-state index in [-0.39, 0.29) is 17.9 Å². The van der Waals surface area contributed by atoms with E-state index in [9.17, 15) is 4.79 Å². The molecule has 1 aliphatic heterocycles. The Bertz CT molecular complexity index is 931. The lowest BCUT2D eigenvalue weighted by Gasteiger charge is -2.35. The number of piperidine rings is 1. The Balaban J connectivity index is 1.61. The first-order valence-electron chi connectivity index (χ1n) is 9.32. The molecule has 1 aromatic carbocycles. The number of hydrogen-bond acceptors (Lipinski definition) is 7. The zero-order valence-corrected chi connectivity index (χ0v) is 16.2. The maximum absolute atomic E-state index is 12.5. The van der Waals surface area contributed by atoms with E-state index < -0.39 is 0 Å². The third kappa shape index (κ3) is 4.18. The predicted molar refractivity (Wildman–Crippen MR) is 111 cm³/mol. The van der Waals surface area contributed by atoms with Crippen molar-refractivity contribution < 1.29 is 4.79 Å². The van der Waals surface area contributed by atoms with Crippen molar-refractivity contribution in [3.8, 4) is 11.1 Å². The van der Waals surface area contributed by atoms with Gasteiger partial charge in [0.2, 0.25) is 11.9 Å². The number of nitrogens with zero attached hydrogens (tertiary/aromatic N) is 4. The van der Waals surface area contributed by atoms with E-state index in [1.54, 1.807) is 12.4 Å². The molecule has 28 heavy (non-hydrogen) atoms. The lowest BCUT2D eigenvalue weighted by atomic mass is 9.94. The minimum atomic E-state index is -0.0647. The van der Waals surface area contributed by atoms with Gasteiger partial charge < -0.3 is 11.1 Å². The second kappa shape index (κ2) is 8.45. The van der Waals surface area contributed by atoms with Gasteiger partial charge in [-0.25, -0.2) is 15.0 Å². The number of likely N-dealkylation sites (tertiary alicyclic amines) is 1. The molecule has 1 atom stereocenters. The molecule has 0 saturated carbocycles. The Labute approximate surface area is 167 Å². The largest absolute Gasteiger partial charge is 0.368 e. The molecule has 3 heterocycles. The number of nitrogens with two attached hydrogens (primary N) is 1. The van der Waals surface area contributed by atoms with Gasteiger partial charge >= 0.3 is 0 Å². The summed E-state index contributed by atoms with van der Waals surface area (Å²) in [5, 5.41) is 5.33. The first kappa shape index (κ1) is 18.5. The number of thiazole rings is 1. The topological polar surface area (TPSA) is 97.0 Å². The van der Waals surface area contributed by atoms with Gasteiger partial charge in [-0.15, -0.1) is 11.3 Å². The summed E-state index contributed by atoms with van der Waals surface area (Å²) in [5.74, 6) is 0.192. The van der Waals surface area contributed by atoms with Crippen molar-refractivity contribution in [2.24, 2.45) is 0 Å². The van der Waals surface area contributed by atoms with Crippen LogP contribution in [-0.4, -0.2) is 38.8 Å². The fourth-order valence-electron chi connectivity index (χ4n) is 3.62. The highest BCUT2D eigenvalue weighted by atomic mass is 32.1. The molecule has 0 radical (unpaired) electrons. The van der Waals surface area contributed by atoms with Crippen molar-refractivity contribution in [1.82, 2.24) is 19.9 Å². The molecule has 0 spiro atoms. The molecule has 0 aliphatic carbocycles. The fourth-order valence-corrected chi connectivity index (χ4v) is 4.17. The van der Waals surface area contributed by atoms with E-state index in [1.165, 1.54) is 11.3 Å². The summed E-state index contributed by atoms with van der Waals surface area (Å²) in [7, 11) is 0. The van der Waals surface area contributed by atoms with Gasteiger partial charge in [0.25, 0.3) is 0 Å². The van der Waals surface area contributed by atoms with Crippen LogP contribution in [0.4, 0.5) is 11.1 Å². The normalized spacial score (nSPS) is 17.4. The summed E-state index contributed by atoms with van der Waals surface area (Å²) in [6.07, 6.45) is 6.55. The number of carbonyl (C=O) groups is 1. The van der Waals surface area contributed by atoms with Crippen LogP contribution < -0.4 is 11.1 Å². The molecular weight excluding hydrogens is 372 g/mol. The van der Waals surface area contributed by atoms with E-state index in [1.807, 2.05) is 35.7 Å². The molecule has 3 N–H and O–H groups in total. The molecule has 8 heteroatoms. The average Bonchev–Trinajstić information content (AvgIpc) is 3.22. The minimum absolute atomic E-state index is 0.0244. The summed E-state index contributed by atoms with van der Waals surface area (Å²) in [6, 6.07) is 10.1. The number of aromatic nitrogens is 3. The first-order valence-corrected chi connectivity index (χ1v) is 10.2. The number of carbonyl (C=O) groups excluding carboxylic acids is 1. The van der Waals surface area contributed by atoms with Crippen LogP contribution in [0.3, 0.4) is 0 Å². The van der Waals surface area contributed by atoms with Crippen molar-refractivity contribution in [3.63, 3.8) is 0 Å². The maximum atomic E-state index is 12.5. The highest BCUT2D eigenvalue weighted by Crippen LogP contribution is 2.35. The number of benzene rings is 1. The molecule has 2 aromatic heterocycles. The van der Waals surface area contributed by atoms with Crippen LogP contribution in [0.25, 0.3) is 11.1 Å². The summed E-state index contributed by atoms with van der Waals surface area (Å²) >= 11 is 1.41. The molecule has 144 valence electrons. The first-order chi connectivity index (χ1) is 13.7. The Morgan fingerprint density at radius 3 is 2.89 bits per heavy atom. The number of amides is 1. The van der Waals surface area contributed by atoms with Gasteiger partial charge in [0.1, 0.15) is 0 Å². The Hall–Kier alpha value is -2.84. The Morgan fingerprint density at radius 2 is 2.11 bits per heavy atom. The fraction of sp³-hybridized carbons (Fsp3) is 0.300. The van der Waals surface area contributed by atoms with Gasteiger partial charge in [-0.1, -0.05) is 36.8 Å². The maximum Gasteiger partial charge on any atom is 0.240 e. The van der Waals surface area contributed by atoms with Crippen molar-refractivity contribution in [1.29, 1.82) is 0 Å². The van der Waals surface area contributed by atoms with Gasteiger partial charge in [0.15, 0.2) is 5.13 Å². The smallest absolute Gasteiger partial charge is 0.240 e. The second-order valence-corrected chi connectivity index (χ2v) is 7.66. The quantitative estimate of drug-likeness (QED) is 0.689. The van der Waals surface area contributed by atoms with Crippen molar-refractivity contribution in [3.05, 3.63) is 53.8 Å². The number of hydrogen-bond donors (Lipinski definition) is 2. The average molecular weight is 395 g/mol. The van der Waals surface area contributed by atoms with Gasteiger partial charge in [-0.2, -0.15) is 0 Å². The molecule has 1 saturated heterocycles. The Kier molecular flexibility index (Phi) is 5.59. The number of nitrogen functional groups attached to an aromatic ring is 1. The second-order valence-electron chi connectivity index (χ2n) is 6.76. The minimum Gasteiger partial charge on any atom is -0.368 e. The lowest BCUT2D eigenvalue weighted by molar-refractivity contribution is -0.118. The molecule has 1 amide bonds. The van der Waals surface area contributed by atoms with Crippen molar-refractivity contribution in [2.75, 3.05) is 24.1 Å². The van der Waals surface area contributed by atoms with Crippen LogP contribution in [0.1, 0.15) is 31.0 Å². The van der Waals surface area contributed by atoms with E-state index in [2.05, 4.69) is 25.2 Å². The standard InChI is InChI=1S/C20H22N6OS/c21-19-23-12-15(14-6-2-1-3-7-14)18(25-19)16-8-4-5-10-26(16)13-17(27)24-20-22-9-11-28-20/h1-3,6-7,9,11-12,16H,4-5,8,10,13H2,(H2,21,23,25)(H,22,24,27). The third-order valence-corrected chi connectivity index (χ3v) is 5.56. The van der Waals surface area contributed by atoms with Crippen molar-refractivity contribution >= 4 is 28.3 Å². The van der Waals surface area contributed by atoms with Crippen LogP contribution in [0.2, 0.25) is 0 Å². The third-order valence-electron chi connectivity index (χ3n) is 4.88. The van der Waals surface area contributed by atoms with Gasteiger partial charge in [-0.3, -0.25) is 9.69 Å². The van der Waals surface area contributed by atoms with E-state index in [0.29, 0.717) is 11.7 Å². The monoisotopic (exact) mass is 394 g/mol. The van der Waals surface area contributed by atoms with Gasteiger partial charge in [0.05, 0.1) is 18.3 Å². The molecule has 1 fully saturated rings. The zero-order valence-electron chi connectivity index (χ0n) is 15.4. The number of anilines is 2. The zero-order chi connectivity index (χ0) is 19.3. The SMILES string of the molecule is Nc1ncc(-c2ccccc2)c(C2CCCCN2CC(=O)Nc2nccs2)n1. The van der Waals surface area contributed by atoms with Crippen LogP contribution >= 0.6 is 11.3 Å². The van der Waals surface area contributed by atoms with Crippen LogP contribution in [0, 0.1) is 0 Å². The molecule has 4 rings (SSSR count). The number of nitrogens with one attached hydrogen (secondary N) is 1. The molecule has 0 bridgehead atoms.